The van der Waals surface area contributed by atoms with Gasteiger partial charge >= 0.3 is 5.97 Å². The van der Waals surface area contributed by atoms with Gasteiger partial charge in [-0.2, -0.15) is 0 Å². The molecule has 1 fully saturated rings. The molecule has 80 valence electrons. The van der Waals surface area contributed by atoms with Gasteiger partial charge in [0.25, 0.3) is 0 Å². The van der Waals surface area contributed by atoms with Crippen LogP contribution < -0.4 is 0 Å². The number of hydrogen-bond acceptors (Lipinski definition) is 3. The van der Waals surface area contributed by atoms with E-state index in [0.29, 0.717) is 6.61 Å². The maximum absolute atomic E-state index is 11.5. The highest BCUT2D eigenvalue weighted by Crippen LogP contribution is 2.59. The van der Waals surface area contributed by atoms with Gasteiger partial charge in [0.2, 0.25) is 0 Å². The van der Waals surface area contributed by atoms with Gasteiger partial charge in [0.15, 0.2) is 0 Å². The molecule has 14 heavy (non-hydrogen) atoms. The van der Waals surface area contributed by atoms with Gasteiger partial charge in [-0.3, -0.25) is 4.79 Å². The summed E-state index contributed by atoms with van der Waals surface area (Å²) in [5, 5.41) is 0. The van der Waals surface area contributed by atoms with Crippen molar-refractivity contribution >= 4 is 5.97 Å². The predicted octanol–water partition coefficient (Wildman–Crippen LogP) is 1.98. The lowest BCUT2D eigenvalue weighted by Gasteiger charge is -2.01. The SMILES string of the molecule is CCOC(=O)C1C(C=COC)C1(C)C. The van der Waals surface area contributed by atoms with Crippen LogP contribution in [0.1, 0.15) is 20.8 Å². The lowest BCUT2D eigenvalue weighted by molar-refractivity contribution is -0.145. The summed E-state index contributed by atoms with van der Waals surface area (Å²) in [7, 11) is 1.60. The van der Waals surface area contributed by atoms with Crippen LogP contribution in [0.5, 0.6) is 0 Å². The van der Waals surface area contributed by atoms with E-state index in [2.05, 4.69) is 13.8 Å². The highest BCUT2D eigenvalue weighted by atomic mass is 16.5. The first-order valence-electron chi connectivity index (χ1n) is 4.91. The summed E-state index contributed by atoms with van der Waals surface area (Å²) in [6, 6.07) is 0. The van der Waals surface area contributed by atoms with Crippen molar-refractivity contribution in [2.75, 3.05) is 13.7 Å². The summed E-state index contributed by atoms with van der Waals surface area (Å²) in [4.78, 5) is 11.5. The zero-order valence-electron chi connectivity index (χ0n) is 9.24. The van der Waals surface area contributed by atoms with Gasteiger partial charge in [-0.15, -0.1) is 0 Å². The van der Waals surface area contributed by atoms with E-state index in [1.807, 2.05) is 13.0 Å². The molecule has 0 aromatic rings. The zero-order chi connectivity index (χ0) is 10.8. The molecule has 0 saturated heterocycles. The molecule has 2 atom stereocenters. The fourth-order valence-electron chi connectivity index (χ4n) is 1.88. The zero-order valence-corrected chi connectivity index (χ0v) is 9.24. The summed E-state index contributed by atoms with van der Waals surface area (Å²) in [6.45, 7) is 6.41. The minimum Gasteiger partial charge on any atom is -0.505 e. The van der Waals surface area contributed by atoms with E-state index in [-0.39, 0.29) is 23.2 Å². The number of methoxy groups -OCH3 is 1. The normalized spacial score (nSPS) is 28.9. The van der Waals surface area contributed by atoms with Crippen molar-refractivity contribution in [1.29, 1.82) is 0 Å². The predicted molar refractivity (Wildman–Crippen MR) is 53.5 cm³/mol. The van der Waals surface area contributed by atoms with E-state index in [1.54, 1.807) is 13.4 Å². The molecular formula is C11H18O3. The lowest BCUT2D eigenvalue weighted by Crippen LogP contribution is -2.10. The largest absolute Gasteiger partial charge is 0.505 e. The Kier molecular flexibility index (Phi) is 3.19. The molecule has 2 unspecified atom stereocenters. The Labute approximate surface area is 85.1 Å². The number of hydrogen-bond donors (Lipinski definition) is 0. The molecule has 3 nitrogen and oxygen atoms in total. The van der Waals surface area contributed by atoms with Crippen LogP contribution in [0, 0.1) is 17.3 Å². The Hall–Kier alpha value is -0.990. The number of allylic oxidation sites excluding steroid dienone is 1. The molecular weight excluding hydrogens is 180 g/mol. The van der Waals surface area contributed by atoms with E-state index >= 15 is 0 Å². The number of carbonyl (C=O) groups excluding carboxylic acids is 1. The molecule has 0 bridgehead atoms. The van der Waals surface area contributed by atoms with Gasteiger partial charge in [0, 0.05) is 0 Å². The molecule has 0 spiro atoms. The maximum Gasteiger partial charge on any atom is 0.310 e. The minimum atomic E-state index is -0.0942. The Morgan fingerprint density at radius 3 is 2.64 bits per heavy atom. The fraction of sp³-hybridized carbons (Fsp3) is 0.727. The smallest absolute Gasteiger partial charge is 0.310 e. The van der Waals surface area contributed by atoms with Crippen LogP contribution in [0.15, 0.2) is 12.3 Å². The second-order valence-electron chi connectivity index (χ2n) is 4.14. The first-order valence-corrected chi connectivity index (χ1v) is 4.91. The second kappa shape index (κ2) is 4.03. The molecule has 1 aliphatic rings. The van der Waals surface area contributed by atoms with Crippen molar-refractivity contribution in [2.24, 2.45) is 17.3 Å². The number of carbonyl (C=O) groups is 1. The maximum atomic E-state index is 11.5. The third kappa shape index (κ3) is 1.91. The highest BCUT2D eigenvalue weighted by Gasteiger charge is 2.61. The topological polar surface area (TPSA) is 35.5 Å². The number of esters is 1. The summed E-state index contributed by atoms with van der Waals surface area (Å²) in [5.41, 5.74) is 0.0152. The average molecular weight is 198 g/mol. The minimum absolute atomic E-state index is 0.00569. The molecule has 0 aromatic heterocycles. The number of rotatable bonds is 4. The quantitative estimate of drug-likeness (QED) is 0.512. The van der Waals surface area contributed by atoms with E-state index in [1.165, 1.54) is 0 Å². The van der Waals surface area contributed by atoms with Crippen LogP contribution in [0.4, 0.5) is 0 Å². The standard InChI is InChI=1S/C11H18O3/c1-5-14-10(12)9-8(6-7-13-4)11(9,2)3/h6-9H,5H2,1-4H3. The van der Waals surface area contributed by atoms with Gasteiger partial charge in [-0.05, 0) is 24.3 Å². The van der Waals surface area contributed by atoms with Crippen LogP contribution >= 0.6 is 0 Å². The number of ether oxygens (including phenoxy) is 2. The molecule has 1 aliphatic carbocycles. The van der Waals surface area contributed by atoms with Crippen molar-refractivity contribution in [3.8, 4) is 0 Å². The fourth-order valence-corrected chi connectivity index (χ4v) is 1.88. The molecule has 0 aliphatic heterocycles. The van der Waals surface area contributed by atoms with Crippen LogP contribution in [0.3, 0.4) is 0 Å². The molecule has 1 saturated carbocycles. The van der Waals surface area contributed by atoms with Gasteiger partial charge in [-0.1, -0.05) is 13.8 Å². The lowest BCUT2D eigenvalue weighted by atomic mass is 10.1. The Balaban J connectivity index is 2.56. The van der Waals surface area contributed by atoms with Gasteiger partial charge in [0.1, 0.15) is 0 Å². The molecule has 0 amide bonds. The molecule has 0 N–H and O–H groups in total. The van der Waals surface area contributed by atoms with E-state index in [4.69, 9.17) is 9.47 Å². The van der Waals surface area contributed by atoms with Crippen LogP contribution in [-0.4, -0.2) is 19.7 Å². The van der Waals surface area contributed by atoms with Crippen molar-refractivity contribution in [2.45, 2.75) is 20.8 Å². The van der Waals surface area contributed by atoms with Gasteiger partial charge in [-0.25, -0.2) is 0 Å². The third-order valence-electron chi connectivity index (χ3n) is 2.87. The van der Waals surface area contributed by atoms with Crippen molar-refractivity contribution in [3.63, 3.8) is 0 Å². The van der Waals surface area contributed by atoms with Crippen molar-refractivity contribution in [1.82, 2.24) is 0 Å². The first-order chi connectivity index (χ1) is 6.55. The second-order valence-corrected chi connectivity index (χ2v) is 4.14. The Morgan fingerprint density at radius 2 is 2.14 bits per heavy atom. The molecule has 3 heteroatoms. The summed E-state index contributed by atoms with van der Waals surface area (Å²) in [6.07, 6.45) is 3.56. The van der Waals surface area contributed by atoms with Crippen LogP contribution in [0.25, 0.3) is 0 Å². The molecule has 1 rings (SSSR count). The van der Waals surface area contributed by atoms with Gasteiger partial charge < -0.3 is 9.47 Å². The Bertz CT molecular complexity index is 243. The first kappa shape index (κ1) is 11.1. The monoisotopic (exact) mass is 198 g/mol. The Morgan fingerprint density at radius 1 is 1.50 bits per heavy atom. The summed E-state index contributed by atoms with van der Waals surface area (Å²) in [5.74, 6) is 0.151. The van der Waals surface area contributed by atoms with E-state index < -0.39 is 0 Å². The molecule has 0 heterocycles. The third-order valence-corrected chi connectivity index (χ3v) is 2.87. The summed E-state index contributed by atoms with van der Waals surface area (Å²) >= 11 is 0. The molecule has 0 aromatic carbocycles. The summed E-state index contributed by atoms with van der Waals surface area (Å²) < 4.78 is 9.84. The van der Waals surface area contributed by atoms with Gasteiger partial charge in [0.05, 0.1) is 25.9 Å². The van der Waals surface area contributed by atoms with E-state index in [9.17, 15) is 4.79 Å². The van der Waals surface area contributed by atoms with Crippen molar-refractivity contribution in [3.05, 3.63) is 12.3 Å². The highest BCUT2D eigenvalue weighted by molar-refractivity contribution is 5.78. The van der Waals surface area contributed by atoms with Crippen LogP contribution in [-0.2, 0) is 14.3 Å². The van der Waals surface area contributed by atoms with Crippen molar-refractivity contribution < 1.29 is 14.3 Å². The van der Waals surface area contributed by atoms with Crippen LogP contribution in [0.2, 0.25) is 0 Å². The molecule has 0 radical (unpaired) electrons. The van der Waals surface area contributed by atoms with E-state index in [0.717, 1.165) is 0 Å². The average Bonchev–Trinajstić information content (AvgIpc) is 2.65.